The van der Waals surface area contributed by atoms with E-state index < -0.39 is 52.1 Å². The molecule has 2 aliphatic heterocycles. The number of ether oxygens (including phenoxy) is 1. The molecule has 0 aromatic heterocycles. The van der Waals surface area contributed by atoms with Gasteiger partial charge in [-0.25, -0.2) is 4.79 Å². The molecule has 26 heavy (non-hydrogen) atoms. The molecule has 0 aromatic carbocycles. The monoisotopic (exact) mass is 386 g/mol. The Hall–Kier alpha value is -2.56. The van der Waals surface area contributed by atoms with Gasteiger partial charge in [-0.2, -0.15) is 0 Å². The van der Waals surface area contributed by atoms with E-state index in [0.717, 1.165) is 11.8 Å². The molecule has 0 aromatic rings. The summed E-state index contributed by atoms with van der Waals surface area (Å²) in [4.78, 5) is 58.4. The quantitative estimate of drug-likeness (QED) is 0.402. The van der Waals surface area contributed by atoms with Gasteiger partial charge in [0.05, 0.1) is 5.25 Å². The topological polar surface area (TPSA) is 150 Å². The second kappa shape index (κ2) is 7.77. The number of amides is 2. The van der Waals surface area contributed by atoms with E-state index in [4.69, 9.17) is 9.84 Å². The fourth-order valence-corrected chi connectivity index (χ4v) is 4.07. The van der Waals surface area contributed by atoms with Crippen molar-refractivity contribution in [3.05, 3.63) is 11.5 Å². The highest BCUT2D eigenvalue weighted by atomic mass is 32.2. The molecule has 0 spiro atoms. The van der Waals surface area contributed by atoms with E-state index in [-0.39, 0.29) is 25.0 Å². The summed E-state index contributed by atoms with van der Waals surface area (Å²) in [6.45, 7) is 2.77. The molecule has 1 fully saturated rings. The van der Waals surface area contributed by atoms with Crippen molar-refractivity contribution in [3.8, 4) is 0 Å². The van der Waals surface area contributed by atoms with Gasteiger partial charge in [-0.05, 0) is 13.3 Å². The Morgan fingerprint density at radius 3 is 2.42 bits per heavy atom. The first-order valence-electron chi connectivity index (χ1n) is 7.79. The predicted octanol–water partition coefficient (Wildman–Crippen LogP) is -0.111. The Morgan fingerprint density at radius 1 is 1.23 bits per heavy atom. The lowest BCUT2D eigenvalue weighted by Gasteiger charge is -2.50. The second-order valence-corrected chi connectivity index (χ2v) is 7.24. The van der Waals surface area contributed by atoms with E-state index in [9.17, 15) is 29.1 Å². The van der Waals surface area contributed by atoms with Crippen molar-refractivity contribution in [3.63, 3.8) is 0 Å². The summed E-state index contributed by atoms with van der Waals surface area (Å²) in [6, 6.07) is -0.909. The number of carbonyl (C=O) groups excluding carboxylic acids is 3. The van der Waals surface area contributed by atoms with Gasteiger partial charge in [0.1, 0.15) is 11.4 Å². The molecular formula is C15H18N2O8S. The highest BCUT2D eigenvalue weighted by Crippen LogP contribution is 2.44. The van der Waals surface area contributed by atoms with Crippen LogP contribution < -0.4 is 5.32 Å². The van der Waals surface area contributed by atoms with Crippen LogP contribution in [-0.4, -0.2) is 61.5 Å². The summed E-state index contributed by atoms with van der Waals surface area (Å²) in [7, 11) is 0. The fourth-order valence-electron chi connectivity index (χ4n) is 2.70. The molecule has 11 heteroatoms. The first kappa shape index (κ1) is 19.8. The Bertz CT molecular complexity index is 704. The molecule has 2 aliphatic rings. The lowest BCUT2D eigenvalue weighted by atomic mass is 10.0. The number of esters is 1. The zero-order chi connectivity index (χ0) is 19.6. The van der Waals surface area contributed by atoms with Crippen LogP contribution in [0.3, 0.4) is 0 Å². The average Bonchev–Trinajstić information content (AvgIpc) is 2.53. The van der Waals surface area contributed by atoms with Crippen LogP contribution in [0.4, 0.5) is 0 Å². The van der Waals surface area contributed by atoms with E-state index in [1.165, 1.54) is 11.8 Å². The number of carboxylic acid groups (broad SMARTS) is 2. The van der Waals surface area contributed by atoms with Gasteiger partial charge in [-0.1, -0.05) is 0 Å². The first-order chi connectivity index (χ1) is 12.1. The minimum absolute atomic E-state index is 0.0522. The van der Waals surface area contributed by atoms with E-state index in [0.29, 0.717) is 0 Å². The molecule has 3 atom stereocenters. The third-order valence-corrected chi connectivity index (χ3v) is 5.18. The summed E-state index contributed by atoms with van der Waals surface area (Å²) in [5, 5.41) is 19.4. The Kier molecular flexibility index (Phi) is 5.90. The standard InChI is InChI=1S/C15H18N2O8S/c1-6-12(25-7(2)18)11(15(23)24)17-13(22)10(14(17)26-6)16-8(19)4-3-5-9(20)21/h6,10,14H,3-5H2,1-2H3,(H,16,19)(H,20,21)(H,23,24)/t6?,10-,14-/m1/s1. The van der Waals surface area contributed by atoms with Gasteiger partial charge in [-0.3, -0.25) is 24.1 Å². The zero-order valence-electron chi connectivity index (χ0n) is 14.1. The Morgan fingerprint density at radius 2 is 1.88 bits per heavy atom. The number of nitrogens with one attached hydrogen (secondary N) is 1. The largest absolute Gasteiger partial charge is 0.481 e. The molecule has 2 amide bonds. The van der Waals surface area contributed by atoms with Crippen molar-refractivity contribution in [2.24, 2.45) is 0 Å². The normalized spacial score (nSPS) is 24.5. The number of nitrogens with zero attached hydrogens (tertiary/aromatic N) is 1. The smallest absolute Gasteiger partial charge is 0.356 e. The maximum atomic E-state index is 12.3. The van der Waals surface area contributed by atoms with Crippen LogP contribution >= 0.6 is 11.8 Å². The summed E-state index contributed by atoms with van der Waals surface area (Å²) in [5.41, 5.74) is -0.405. The number of aliphatic carboxylic acids is 2. The minimum Gasteiger partial charge on any atom is -0.481 e. The van der Waals surface area contributed by atoms with E-state index in [2.05, 4.69) is 5.32 Å². The molecule has 142 valence electrons. The fraction of sp³-hybridized carbons (Fsp3) is 0.533. The number of thioether (sulfide) groups is 1. The van der Waals surface area contributed by atoms with Crippen LogP contribution in [0.1, 0.15) is 33.1 Å². The van der Waals surface area contributed by atoms with Crippen LogP contribution in [0.5, 0.6) is 0 Å². The van der Waals surface area contributed by atoms with Gasteiger partial charge < -0.3 is 20.3 Å². The lowest BCUT2D eigenvalue weighted by Crippen LogP contribution is -2.71. The van der Waals surface area contributed by atoms with Crippen LogP contribution in [-0.2, 0) is 28.7 Å². The summed E-state index contributed by atoms with van der Waals surface area (Å²) in [6.07, 6.45) is -0.0781. The van der Waals surface area contributed by atoms with Crippen LogP contribution in [0.2, 0.25) is 0 Å². The van der Waals surface area contributed by atoms with Crippen molar-refractivity contribution >= 4 is 41.5 Å². The van der Waals surface area contributed by atoms with Crippen molar-refractivity contribution in [2.75, 3.05) is 0 Å². The summed E-state index contributed by atoms with van der Waals surface area (Å²) in [5.74, 6) is -4.33. The molecule has 0 bridgehead atoms. The molecule has 0 aliphatic carbocycles. The van der Waals surface area contributed by atoms with E-state index in [1.807, 2.05) is 0 Å². The van der Waals surface area contributed by atoms with Crippen molar-refractivity contribution < 1.29 is 38.9 Å². The number of hydrogen-bond acceptors (Lipinski definition) is 7. The van der Waals surface area contributed by atoms with E-state index in [1.54, 1.807) is 6.92 Å². The molecule has 1 unspecified atom stereocenters. The van der Waals surface area contributed by atoms with Gasteiger partial charge in [-0.15, -0.1) is 11.8 Å². The number of rotatable bonds is 7. The Balaban J connectivity index is 2.11. The number of fused-ring (bicyclic) bond motifs is 1. The summed E-state index contributed by atoms with van der Waals surface area (Å²) < 4.78 is 4.97. The molecule has 2 heterocycles. The number of carboxylic acids is 2. The summed E-state index contributed by atoms with van der Waals surface area (Å²) >= 11 is 1.19. The molecule has 2 rings (SSSR count). The lowest BCUT2D eigenvalue weighted by molar-refractivity contribution is -0.152. The molecule has 10 nitrogen and oxygen atoms in total. The molecule has 0 radical (unpaired) electrons. The SMILES string of the molecule is CC(=O)OC1=C(C(=O)O)N2C(=O)[C@@H](NC(=O)CCCC(=O)O)[C@H]2SC1C. The highest BCUT2D eigenvalue weighted by molar-refractivity contribution is 8.00. The van der Waals surface area contributed by atoms with E-state index >= 15 is 0 Å². The molecule has 1 saturated heterocycles. The minimum atomic E-state index is -1.40. The second-order valence-electron chi connectivity index (χ2n) is 5.78. The number of hydrogen-bond donors (Lipinski definition) is 3. The number of β-lactam (4-membered cyclic amide) rings is 1. The highest BCUT2D eigenvalue weighted by Gasteiger charge is 2.56. The van der Waals surface area contributed by atoms with Gasteiger partial charge in [0.25, 0.3) is 5.91 Å². The first-order valence-corrected chi connectivity index (χ1v) is 8.73. The third-order valence-electron chi connectivity index (χ3n) is 3.80. The molecule has 3 N–H and O–H groups in total. The van der Waals surface area contributed by atoms with Crippen molar-refractivity contribution in [1.82, 2.24) is 10.2 Å². The predicted molar refractivity (Wildman–Crippen MR) is 87.5 cm³/mol. The van der Waals surface area contributed by atoms with Gasteiger partial charge >= 0.3 is 17.9 Å². The third kappa shape index (κ3) is 3.98. The maximum Gasteiger partial charge on any atom is 0.356 e. The van der Waals surface area contributed by atoms with Gasteiger partial charge in [0.15, 0.2) is 11.5 Å². The van der Waals surface area contributed by atoms with Crippen LogP contribution in [0.15, 0.2) is 11.5 Å². The zero-order valence-corrected chi connectivity index (χ0v) is 14.9. The average molecular weight is 386 g/mol. The van der Waals surface area contributed by atoms with Crippen LogP contribution in [0, 0.1) is 0 Å². The number of carbonyl (C=O) groups is 5. The molecular weight excluding hydrogens is 368 g/mol. The van der Waals surface area contributed by atoms with Gasteiger partial charge in [0.2, 0.25) is 5.91 Å². The molecule has 0 saturated carbocycles. The van der Waals surface area contributed by atoms with Crippen molar-refractivity contribution in [2.45, 2.75) is 49.8 Å². The van der Waals surface area contributed by atoms with Crippen LogP contribution in [0.25, 0.3) is 0 Å². The van der Waals surface area contributed by atoms with Gasteiger partial charge in [0, 0.05) is 19.8 Å². The Labute approximate surface area is 152 Å². The van der Waals surface area contributed by atoms with Crippen molar-refractivity contribution in [1.29, 1.82) is 0 Å². The maximum absolute atomic E-state index is 12.3.